The van der Waals surface area contributed by atoms with Gasteiger partial charge in [-0.3, -0.25) is 19.4 Å². The zero-order valence-corrected chi connectivity index (χ0v) is 34.8. The van der Waals surface area contributed by atoms with Gasteiger partial charge in [-0.25, -0.2) is 4.79 Å². The Morgan fingerprint density at radius 2 is 1.78 bits per heavy atom. The number of aliphatic hydroxyl groups excluding tert-OH is 2. The zero-order chi connectivity index (χ0) is 41.9. The van der Waals surface area contributed by atoms with Crippen molar-refractivity contribution in [1.29, 1.82) is 0 Å². The van der Waals surface area contributed by atoms with Crippen molar-refractivity contribution in [3.63, 3.8) is 0 Å². The first-order valence-electron chi connectivity index (χ1n) is 21.3. The maximum Gasteiger partial charge on any atom is 0.344 e. The van der Waals surface area contributed by atoms with E-state index in [1.54, 1.807) is 0 Å². The summed E-state index contributed by atoms with van der Waals surface area (Å²) in [6.07, 6.45) is 5.60. The molecule has 5 N–H and O–H groups in total. The quantitative estimate of drug-likeness (QED) is 0.167. The van der Waals surface area contributed by atoms with Crippen LogP contribution in [0.15, 0.2) is 48.6 Å². The lowest BCUT2D eigenvalue weighted by Gasteiger charge is -2.63. The van der Waals surface area contributed by atoms with E-state index < -0.39 is 70.5 Å². The maximum absolute atomic E-state index is 15.3. The molecule has 2 saturated heterocycles. The summed E-state index contributed by atoms with van der Waals surface area (Å²) in [7, 11) is 3.06. The third-order valence-corrected chi connectivity index (χ3v) is 15.8. The fraction of sp³-hybridized carbons (Fsp3) is 0.587. The third-order valence-electron chi connectivity index (χ3n) is 15.8. The summed E-state index contributed by atoms with van der Waals surface area (Å²) in [6, 6.07) is 10.6. The number of piperidine rings is 1. The van der Waals surface area contributed by atoms with E-state index in [2.05, 4.69) is 20.9 Å². The fourth-order valence-electron chi connectivity index (χ4n) is 13.7. The third kappa shape index (κ3) is 5.27. The largest absolute Gasteiger partial charge is 0.467 e. The topological polar surface area (TPSA) is 176 Å². The second-order valence-electron chi connectivity index (χ2n) is 18.4. The number of nitrogens with one attached hydrogen (secondary N) is 1. The highest BCUT2D eigenvalue weighted by Crippen LogP contribution is 2.68. The van der Waals surface area contributed by atoms with Gasteiger partial charge < -0.3 is 39.8 Å². The van der Waals surface area contributed by atoms with Crippen LogP contribution < -0.4 is 4.90 Å². The molecular weight excluding hydrogens is 753 g/mol. The number of benzene rings is 2. The lowest BCUT2D eigenvalue weighted by Crippen LogP contribution is -2.81. The molecule has 1 saturated carbocycles. The number of H-pyrrole nitrogens is 1. The minimum absolute atomic E-state index is 0.156. The van der Waals surface area contributed by atoms with E-state index in [0.717, 1.165) is 22.0 Å². The molecule has 6 heterocycles. The van der Waals surface area contributed by atoms with Gasteiger partial charge in [0.25, 0.3) is 0 Å². The van der Waals surface area contributed by atoms with Crippen molar-refractivity contribution in [3.8, 4) is 0 Å². The monoisotopic (exact) mass is 810 g/mol. The number of likely N-dealkylation sites (N-methyl/N-ethyl adjacent to an activating group) is 1. The Labute approximate surface area is 345 Å². The van der Waals surface area contributed by atoms with E-state index in [4.69, 9.17) is 9.47 Å². The number of aromatic amines is 1. The molecule has 1 aromatic heterocycles. The lowest BCUT2D eigenvalue weighted by atomic mass is 9.47. The number of para-hydroxylation sites is 1. The van der Waals surface area contributed by atoms with Crippen LogP contribution in [0, 0.1) is 11.3 Å². The van der Waals surface area contributed by atoms with E-state index in [9.17, 15) is 30.0 Å². The number of carbonyl (C=O) groups is 3. The summed E-state index contributed by atoms with van der Waals surface area (Å²) < 4.78 is 11.6. The van der Waals surface area contributed by atoms with E-state index in [0.29, 0.717) is 87.3 Å². The molecule has 1 unspecified atom stereocenters. The second kappa shape index (κ2) is 14.0. The molecule has 3 aromatic rings. The second-order valence-corrected chi connectivity index (χ2v) is 18.4. The first-order chi connectivity index (χ1) is 28.2. The van der Waals surface area contributed by atoms with Gasteiger partial charge in [0.1, 0.15) is 6.61 Å². The number of anilines is 1. The smallest absolute Gasteiger partial charge is 0.344 e. The van der Waals surface area contributed by atoms with Crippen molar-refractivity contribution < 1.29 is 44.3 Å². The van der Waals surface area contributed by atoms with Crippen LogP contribution in [0.1, 0.15) is 80.8 Å². The number of carbonyl (C=O) groups excluding carboxylic acids is 3. The number of aliphatic hydroxyl groups is 4. The van der Waals surface area contributed by atoms with Gasteiger partial charge in [0.2, 0.25) is 5.60 Å². The normalized spacial score (nSPS) is 37.1. The number of methoxy groups -OCH3 is 1. The summed E-state index contributed by atoms with van der Waals surface area (Å²) in [5.41, 5.74) is -1.71. The number of hydrogen-bond acceptors (Lipinski definition) is 12. The van der Waals surface area contributed by atoms with E-state index in [1.807, 2.05) is 68.3 Å². The maximum atomic E-state index is 15.3. The highest BCUT2D eigenvalue weighted by atomic mass is 16.6. The Bertz CT molecular complexity index is 2260. The van der Waals surface area contributed by atoms with Gasteiger partial charge in [-0.15, -0.1) is 0 Å². The minimum atomic E-state index is -2.34. The Hall–Kier alpha value is -4.11. The molecular formula is C46H58N4O9. The molecule has 6 aliphatic rings. The van der Waals surface area contributed by atoms with Crippen LogP contribution in [-0.4, -0.2) is 136 Å². The molecule has 3 fully saturated rings. The predicted octanol–water partition coefficient (Wildman–Crippen LogP) is 2.86. The molecule has 2 bridgehead atoms. The van der Waals surface area contributed by atoms with Crippen molar-refractivity contribution in [3.05, 3.63) is 76.5 Å². The van der Waals surface area contributed by atoms with Crippen molar-refractivity contribution in [1.82, 2.24) is 14.8 Å². The number of hydrogen-bond donors (Lipinski definition) is 5. The van der Waals surface area contributed by atoms with Crippen LogP contribution in [0.25, 0.3) is 10.9 Å². The number of Topliss-reactive ketones (excluding diaryl/α,β-unsaturated/α-hetero) is 1. The SMILES string of the molecule is CC[C@]1(O)C[C@H]2CN(CCc3c([nH]c4ccccc34)[C@@](C(=O)CO)(c3cc4c(cc3CO)N(C)[C@H]3[C@@](O)(C(=O)OC)[C@H](OC(C)=O)[C@]5(CC)C=CCN6CC[C@]43[C@@H]65)C2)C1. The predicted molar refractivity (Wildman–Crippen MR) is 220 cm³/mol. The Morgan fingerprint density at radius 1 is 1.00 bits per heavy atom. The molecule has 0 radical (unpaired) electrons. The molecule has 316 valence electrons. The summed E-state index contributed by atoms with van der Waals surface area (Å²) in [5.74, 6) is -2.10. The summed E-state index contributed by atoms with van der Waals surface area (Å²) in [5, 5.41) is 48.9. The van der Waals surface area contributed by atoms with Crippen LogP contribution in [0.4, 0.5) is 5.69 Å². The zero-order valence-electron chi connectivity index (χ0n) is 34.8. The number of nitrogens with zero attached hydrogens (tertiary/aromatic N) is 3. The number of ether oxygens (including phenoxy) is 2. The summed E-state index contributed by atoms with van der Waals surface area (Å²) >= 11 is 0. The molecule has 2 aromatic carbocycles. The molecule has 13 heteroatoms. The minimum Gasteiger partial charge on any atom is -0.467 e. The molecule has 1 spiro atoms. The fourth-order valence-corrected chi connectivity index (χ4v) is 13.7. The Kier molecular flexibility index (Phi) is 9.54. The van der Waals surface area contributed by atoms with E-state index in [-0.39, 0.29) is 18.4 Å². The van der Waals surface area contributed by atoms with Gasteiger partial charge in [0.05, 0.1) is 30.8 Å². The van der Waals surface area contributed by atoms with Gasteiger partial charge in [-0.05, 0) is 85.4 Å². The molecule has 13 nitrogen and oxygen atoms in total. The number of fused-ring (bicyclic) bond motifs is 6. The van der Waals surface area contributed by atoms with Gasteiger partial charge in [0.15, 0.2) is 11.9 Å². The Morgan fingerprint density at radius 3 is 2.47 bits per heavy atom. The number of ketones is 1. The van der Waals surface area contributed by atoms with Crippen LogP contribution in [0.2, 0.25) is 0 Å². The standard InChI is InChI=1S/C46H58N4O9/c1-6-42(56)21-28-22-45(36(54)25-52,37-31(13-17-49(23-28)26-42)30-11-8-9-12-34(30)47-37)32-20-33-35(19-29(32)24-51)48(4)39-44(33)15-18-50-16-10-14-43(7-2,38(44)50)40(59-27(3)53)46(39,57)41(55)58-5/h8-12,14,19-20,28,38-40,47,51-52,56-57H,6-7,13,15-18,21-26H2,1-5H3/t28-,38+,39-,40-,42+,43-,44-,45-,46+/m1/s1. The molecule has 59 heavy (non-hydrogen) atoms. The van der Waals surface area contributed by atoms with Crippen molar-refractivity contribution in [2.24, 2.45) is 11.3 Å². The molecule has 9 rings (SSSR count). The molecule has 10 atom stereocenters. The van der Waals surface area contributed by atoms with Crippen LogP contribution in [0.3, 0.4) is 0 Å². The van der Waals surface area contributed by atoms with Crippen LogP contribution in [0.5, 0.6) is 0 Å². The highest BCUT2D eigenvalue weighted by Gasteiger charge is 2.80. The van der Waals surface area contributed by atoms with Gasteiger partial charge in [-0.1, -0.05) is 50.3 Å². The molecule has 5 aliphatic heterocycles. The van der Waals surface area contributed by atoms with Gasteiger partial charge >= 0.3 is 11.9 Å². The van der Waals surface area contributed by atoms with Crippen LogP contribution in [-0.2, 0) is 47.7 Å². The average Bonchev–Trinajstić information content (AvgIpc) is 3.90. The average molecular weight is 811 g/mol. The van der Waals surface area contributed by atoms with Gasteiger partial charge in [-0.2, -0.15) is 0 Å². The van der Waals surface area contributed by atoms with Gasteiger partial charge in [0, 0.05) is 79.3 Å². The first kappa shape index (κ1) is 40.3. The lowest BCUT2D eigenvalue weighted by molar-refractivity contribution is -0.228. The van der Waals surface area contributed by atoms with Crippen molar-refractivity contribution in [2.45, 2.75) is 106 Å². The molecule has 1 aliphatic carbocycles. The van der Waals surface area contributed by atoms with E-state index >= 15 is 4.79 Å². The number of rotatable bonds is 8. The number of aromatic nitrogens is 1. The summed E-state index contributed by atoms with van der Waals surface area (Å²) in [4.78, 5) is 52.9. The highest BCUT2D eigenvalue weighted by molar-refractivity contribution is 5.98. The first-order valence-corrected chi connectivity index (χ1v) is 21.3. The summed E-state index contributed by atoms with van der Waals surface area (Å²) in [6.45, 7) is 7.17. The van der Waals surface area contributed by atoms with Crippen LogP contribution >= 0.6 is 0 Å². The molecule has 0 amide bonds. The number of esters is 2. The Balaban J connectivity index is 1.36. The van der Waals surface area contributed by atoms with Crippen molar-refractivity contribution in [2.75, 3.05) is 58.4 Å². The van der Waals surface area contributed by atoms with Crippen molar-refractivity contribution >= 4 is 34.3 Å². The van der Waals surface area contributed by atoms with E-state index in [1.165, 1.54) is 14.0 Å².